The highest BCUT2D eigenvalue weighted by molar-refractivity contribution is 5.88. The molecule has 2 rings (SSSR count). The minimum atomic E-state index is -0.0408. The Hall–Kier alpha value is -2.04. The standard InChI is InChI=1S/C15H21N3O2/c1-10(2)18(8-7-14(16)17-20)15(19)13-9-11-5-3-4-6-12(11)13/h3-6,10,13,20H,7-9H2,1-2H3,(H2,16,17). The van der Waals surface area contributed by atoms with Gasteiger partial charge in [-0.15, -0.1) is 0 Å². The molecule has 1 aromatic carbocycles. The second-order valence-electron chi connectivity index (χ2n) is 5.42. The quantitative estimate of drug-likeness (QED) is 0.371. The number of amidine groups is 1. The first-order chi connectivity index (χ1) is 9.54. The van der Waals surface area contributed by atoms with Crippen LogP contribution in [-0.2, 0) is 11.2 Å². The molecule has 0 spiro atoms. The summed E-state index contributed by atoms with van der Waals surface area (Å²) in [5, 5.41) is 11.5. The van der Waals surface area contributed by atoms with Crippen LogP contribution in [0.5, 0.6) is 0 Å². The number of nitrogens with two attached hydrogens (primary N) is 1. The SMILES string of the molecule is CC(C)N(CCC(N)=NO)C(=O)C1Cc2ccccc21. The molecule has 0 aliphatic heterocycles. The van der Waals surface area contributed by atoms with Crippen LogP contribution in [0.25, 0.3) is 0 Å². The molecule has 0 heterocycles. The van der Waals surface area contributed by atoms with Crippen molar-refractivity contribution in [3.8, 4) is 0 Å². The Morgan fingerprint density at radius 3 is 2.80 bits per heavy atom. The Kier molecular flexibility index (Phi) is 4.27. The van der Waals surface area contributed by atoms with Crippen LogP contribution >= 0.6 is 0 Å². The van der Waals surface area contributed by atoms with Crippen molar-refractivity contribution in [2.75, 3.05) is 6.54 Å². The van der Waals surface area contributed by atoms with Crippen LogP contribution in [0.3, 0.4) is 0 Å². The molecule has 1 amide bonds. The smallest absolute Gasteiger partial charge is 0.230 e. The first-order valence-corrected chi connectivity index (χ1v) is 6.89. The Balaban J connectivity index is 2.06. The molecule has 1 unspecified atom stereocenters. The molecule has 0 fully saturated rings. The number of carbonyl (C=O) groups excluding carboxylic acids is 1. The van der Waals surface area contributed by atoms with Crippen LogP contribution in [0.1, 0.15) is 37.3 Å². The van der Waals surface area contributed by atoms with E-state index in [1.165, 1.54) is 5.56 Å². The predicted octanol–water partition coefficient (Wildman–Crippen LogP) is 1.70. The molecule has 1 aliphatic carbocycles. The number of amides is 1. The number of hydrogen-bond donors (Lipinski definition) is 2. The van der Waals surface area contributed by atoms with Crippen LogP contribution in [0.4, 0.5) is 0 Å². The third kappa shape index (κ3) is 2.76. The molecule has 0 bridgehead atoms. The lowest BCUT2D eigenvalue weighted by Gasteiger charge is -2.36. The van der Waals surface area contributed by atoms with Crippen molar-refractivity contribution in [1.82, 2.24) is 4.90 Å². The maximum Gasteiger partial charge on any atom is 0.230 e. The maximum absolute atomic E-state index is 12.6. The molecule has 108 valence electrons. The second-order valence-corrected chi connectivity index (χ2v) is 5.42. The number of rotatable bonds is 5. The van der Waals surface area contributed by atoms with Crippen molar-refractivity contribution < 1.29 is 10.0 Å². The van der Waals surface area contributed by atoms with Crippen LogP contribution in [0.2, 0.25) is 0 Å². The van der Waals surface area contributed by atoms with Gasteiger partial charge in [-0.05, 0) is 31.4 Å². The average molecular weight is 275 g/mol. The van der Waals surface area contributed by atoms with Crippen molar-refractivity contribution >= 4 is 11.7 Å². The van der Waals surface area contributed by atoms with E-state index in [2.05, 4.69) is 11.2 Å². The van der Waals surface area contributed by atoms with Gasteiger partial charge in [0.15, 0.2) is 0 Å². The number of hydrogen-bond acceptors (Lipinski definition) is 3. The summed E-state index contributed by atoms with van der Waals surface area (Å²) in [6.07, 6.45) is 1.19. The highest BCUT2D eigenvalue weighted by Gasteiger charge is 2.35. The van der Waals surface area contributed by atoms with Gasteiger partial charge in [-0.2, -0.15) is 0 Å². The molecule has 0 saturated carbocycles. The first-order valence-electron chi connectivity index (χ1n) is 6.89. The maximum atomic E-state index is 12.6. The molecular weight excluding hydrogens is 254 g/mol. The molecule has 0 radical (unpaired) electrons. The van der Waals surface area contributed by atoms with Crippen molar-refractivity contribution in [1.29, 1.82) is 0 Å². The van der Waals surface area contributed by atoms with Gasteiger partial charge in [0.2, 0.25) is 5.91 Å². The van der Waals surface area contributed by atoms with Gasteiger partial charge in [-0.1, -0.05) is 29.4 Å². The van der Waals surface area contributed by atoms with Gasteiger partial charge in [0.05, 0.1) is 5.92 Å². The Morgan fingerprint density at radius 1 is 1.50 bits per heavy atom. The first kappa shape index (κ1) is 14.4. The van der Waals surface area contributed by atoms with Crippen molar-refractivity contribution in [2.45, 2.75) is 38.6 Å². The number of benzene rings is 1. The Morgan fingerprint density at radius 2 is 2.20 bits per heavy atom. The van der Waals surface area contributed by atoms with Crippen LogP contribution in [0, 0.1) is 0 Å². The Labute approximate surface area is 119 Å². The van der Waals surface area contributed by atoms with E-state index in [1.807, 2.05) is 32.0 Å². The summed E-state index contributed by atoms with van der Waals surface area (Å²) in [6.45, 7) is 4.44. The van der Waals surface area contributed by atoms with E-state index >= 15 is 0 Å². The molecule has 1 aromatic rings. The molecule has 3 N–H and O–H groups in total. The topological polar surface area (TPSA) is 78.9 Å². The number of carbonyl (C=O) groups is 1. The third-order valence-electron chi connectivity index (χ3n) is 3.80. The number of oxime groups is 1. The second kappa shape index (κ2) is 5.94. The lowest BCUT2D eigenvalue weighted by molar-refractivity contribution is -0.135. The number of nitrogens with zero attached hydrogens (tertiary/aromatic N) is 2. The molecule has 20 heavy (non-hydrogen) atoms. The van der Waals surface area contributed by atoms with Gasteiger partial charge < -0.3 is 15.8 Å². The summed E-state index contributed by atoms with van der Waals surface area (Å²) < 4.78 is 0. The summed E-state index contributed by atoms with van der Waals surface area (Å²) in [4.78, 5) is 14.4. The van der Waals surface area contributed by atoms with Gasteiger partial charge in [-0.25, -0.2) is 0 Å². The molecule has 0 saturated heterocycles. The predicted molar refractivity (Wildman–Crippen MR) is 77.8 cm³/mol. The summed E-state index contributed by atoms with van der Waals surface area (Å²) in [6, 6.07) is 8.15. The largest absolute Gasteiger partial charge is 0.409 e. The molecular formula is C15H21N3O2. The van der Waals surface area contributed by atoms with Gasteiger partial charge in [0.1, 0.15) is 5.84 Å². The Bertz CT molecular complexity index is 526. The monoisotopic (exact) mass is 275 g/mol. The lowest BCUT2D eigenvalue weighted by Crippen LogP contribution is -2.44. The minimum Gasteiger partial charge on any atom is -0.409 e. The van der Waals surface area contributed by atoms with Crippen LogP contribution in [-0.4, -0.2) is 34.4 Å². The molecule has 5 nitrogen and oxygen atoms in total. The zero-order valence-corrected chi connectivity index (χ0v) is 11.9. The molecule has 5 heteroatoms. The normalized spacial score (nSPS) is 17.6. The fourth-order valence-electron chi connectivity index (χ4n) is 2.59. The van der Waals surface area contributed by atoms with Gasteiger partial charge in [0, 0.05) is 19.0 Å². The van der Waals surface area contributed by atoms with E-state index in [0.717, 1.165) is 12.0 Å². The molecule has 1 aliphatic rings. The lowest BCUT2D eigenvalue weighted by atomic mass is 9.76. The molecule has 1 atom stereocenters. The summed E-state index contributed by atoms with van der Waals surface area (Å²) in [5.74, 6) is 0.239. The summed E-state index contributed by atoms with van der Waals surface area (Å²) in [7, 11) is 0. The average Bonchev–Trinajstić information content (AvgIpc) is 2.39. The zero-order valence-electron chi connectivity index (χ0n) is 11.9. The van der Waals surface area contributed by atoms with Crippen molar-refractivity contribution in [2.24, 2.45) is 10.9 Å². The van der Waals surface area contributed by atoms with Gasteiger partial charge >= 0.3 is 0 Å². The molecule has 0 aromatic heterocycles. The van der Waals surface area contributed by atoms with E-state index in [-0.39, 0.29) is 23.7 Å². The van der Waals surface area contributed by atoms with Crippen LogP contribution < -0.4 is 5.73 Å². The van der Waals surface area contributed by atoms with E-state index in [4.69, 9.17) is 10.9 Å². The third-order valence-corrected chi connectivity index (χ3v) is 3.80. The highest BCUT2D eigenvalue weighted by atomic mass is 16.4. The van der Waals surface area contributed by atoms with E-state index in [9.17, 15) is 4.79 Å². The van der Waals surface area contributed by atoms with Crippen LogP contribution in [0.15, 0.2) is 29.4 Å². The highest BCUT2D eigenvalue weighted by Crippen LogP contribution is 2.36. The van der Waals surface area contributed by atoms with Gasteiger partial charge in [-0.3, -0.25) is 4.79 Å². The summed E-state index contributed by atoms with van der Waals surface area (Å²) in [5.41, 5.74) is 7.87. The van der Waals surface area contributed by atoms with E-state index < -0.39 is 0 Å². The van der Waals surface area contributed by atoms with Crippen molar-refractivity contribution in [3.63, 3.8) is 0 Å². The minimum absolute atomic E-state index is 0.0408. The van der Waals surface area contributed by atoms with E-state index in [1.54, 1.807) is 4.90 Å². The van der Waals surface area contributed by atoms with E-state index in [0.29, 0.717) is 13.0 Å². The summed E-state index contributed by atoms with van der Waals surface area (Å²) >= 11 is 0. The zero-order chi connectivity index (χ0) is 14.7. The van der Waals surface area contributed by atoms with Gasteiger partial charge in [0.25, 0.3) is 0 Å². The fraction of sp³-hybridized carbons (Fsp3) is 0.467. The van der Waals surface area contributed by atoms with Crippen molar-refractivity contribution in [3.05, 3.63) is 35.4 Å². The number of fused-ring (bicyclic) bond motifs is 1. The fourth-order valence-corrected chi connectivity index (χ4v) is 2.59.